The van der Waals surface area contributed by atoms with Gasteiger partial charge in [0.1, 0.15) is 0 Å². The normalized spacial score (nSPS) is 47.6. The zero-order valence-corrected chi connectivity index (χ0v) is 11.0. The zero-order chi connectivity index (χ0) is 11.2. The van der Waals surface area contributed by atoms with E-state index >= 15 is 0 Å². The molecule has 5 fully saturated rings. The van der Waals surface area contributed by atoms with Gasteiger partial charge in [0, 0.05) is 6.04 Å². The maximum atomic E-state index is 3.95. The Balaban J connectivity index is 1.28. The van der Waals surface area contributed by atoms with E-state index in [1.807, 2.05) is 0 Å². The van der Waals surface area contributed by atoms with Crippen LogP contribution in [0.4, 0.5) is 0 Å². The van der Waals surface area contributed by atoms with Crippen LogP contribution in [0.1, 0.15) is 57.8 Å². The summed E-state index contributed by atoms with van der Waals surface area (Å²) in [5.74, 6) is 5.50. The molecular formula is C16H27N. The van der Waals surface area contributed by atoms with Gasteiger partial charge in [0.25, 0.3) is 0 Å². The molecule has 0 spiro atoms. The van der Waals surface area contributed by atoms with Crippen LogP contribution in [0.3, 0.4) is 0 Å². The van der Waals surface area contributed by atoms with Gasteiger partial charge in [0.2, 0.25) is 0 Å². The Morgan fingerprint density at radius 3 is 2.06 bits per heavy atom. The van der Waals surface area contributed by atoms with Crippen molar-refractivity contribution in [1.29, 1.82) is 0 Å². The van der Waals surface area contributed by atoms with Crippen molar-refractivity contribution in [3.8, 4) is 0 Å². The quantitative estimate of drug-likeness (QED) is 0.716. The van der Waals surface area contributed by atoms with E-state index in [4.69, 9.17) is 0 Å². The van der Waals surface area contributed by atoms with E-state index in [1.165, 1.54) is 32.2 Å². The Kier molecular flexibility index (Phi) is 2.72. The first-order chi connectivity index (χ1) is 8.38. The third-order valence-electron chi connectivity index (χ3n) is 6.09. The van der Waals surface area contributed by atoms with Crippen LogP contribution in [-0.4, -0.2) is 12.6 Å². The van der Waals surface area contributed by atoms with Gasteiger partial charge in [-0.1, -0.05) is 12.8 Å². The fourth-order valence-corrected chi connectivity index (χ4v) is 5.32. The fourth-order valence-electron chi connectivity index (χ4n) is 5.32. The van der Waals surface area contributed by atoms with E-state index in [2.05, 4.69) is 5.32 Å². The van der Waals surface area contributed by atoms with E-state index < -0.39 is 0 Å². The number of hydrogen-bond acceptors (Lipinski definition) is 1. The minimum Gasteiger partial charge on any atom is -0.313 e. The molecule has 0 aliphatic heterocycles. The summed E-state index contributed by atoms with van der Waals surface area (Å²) in [7, 11) is 0. The van der Waals surface area contributed by atoms with Gasteiger partial charge in [-0.15, -0.1) is 0 Å². The fraction of sp³-hybridized carbons (Fsp3) is 1.00. The van der Waals surface area contributed by atoms with Crippen molar-refractivity contribution >= 4 is 0 Å². The smallest absolute Gasteiger partial charge is 0.0124 e. The van der Waals surface area contributed by atoms with E-state index in [0.29, 0.717) is 0 Å². The Hall–Kier alpha value is -0.0400. The van der Waals surface area contributed by atoms with Crippen LogP contribution in [0.25, 0.3) is 0 Å². The molecule has 17 heavy (non-hydrogen) atoms. The van der Waals surface area contributed by atoms with Crippen molar-refractivity contribution in [1.82, 2.24) is 5.32 Å². The maximum absolute atomic E-state index is 3.95. The molecule has 0 aromatic heterocycles. The van der Waals surface area contributed by atoms with Gasteiger partial charge in [-0.3, -0.25) is 0 Å². The Morgan fingerprint density at radius 2 is 1.47 bits per heavy atom. The van der Waals surface area contributed by atoms with Gasteiger partial charge in [-0.05, 0) is 81.1 Å². The third-order valence-corrected chi connectivity index (χ3v) is 6.09. The average molecular weight is 233 g/mol. The molecular weight excluding hydrogens is 206 g/mol. The van der Waals surface area contributed by atoms with Crippen molar-refractivity contribution < 1.29 is 0 Å². The number of nitrogens with one attached hydrogen (secondary N) is 1. The van der Waals surface area contributed by atoms with Crippen molar-refractivity contribution in [2.45, 2.75) is 63.8 Å². The summed E-state index contributed by atoms with van der Waals surface area (Å²) in [4.78, 5) is 0. The molecule has 0 amide bonds. The molecule has 1 N–H and O–H groups in total. The Bertz CT molecular complexity index is 253. The first-order valence-corrected chi connectivity index (χ1v) is 8.12. The largest absolute Gasteiger partial charge is 0.313 e. The van der Waals surface area contributed by atoms with E-state index in [0.717, 1.165) is 35.6 Å². The average Bonchev–Trinajstić information content (AvgIpc) is 3.10. The lowest BCUT2D eigenvalue weighted by Crippen LogP contribution is -2.54. The van der Waals surface area contributed by atoms with E-state index in [1.54, 1.807) is 32.1 Å². The molecule has 0 radical (unpaired) electrons. The molecule has 5 saturated carbocycles. The standard InChI is InChI=1S/C16H27N/c1(2-11-3-4-11)5-17-16-14-7-12-6-13(9-14)10-15(16)8-12/h11-17H,1-10H2. The topological polar surface area (TPSA) is 12.0 Å². The summed E-state index contributed by atoms with van der Waals surface area (Å²) in [5, 5.41) is 3.95. The van der Waals surface area contributed by atoms with Gasteiger partial charge in [-0.2, -0.15) is 0 Å². The summed E-state index contributed by atoms with van der Waals surface area (Å²) in [6.07, 6.45) is 13.8. The summed E-state index contributed by atoms with van der Waals surface area (Å²) in [6, 6.07) is 0.919. The van der Waals surface area contributed by atoms with Gasteiger partial charge in [0.15, 0.2) is 0 Å². The van der Waals surface area contributed by atoms with Crippen molar-refractivity contribution in [2.24, 2.45) is 29.6 Å². The molecule has 4 bridgehead atoms. The molecule has 0 unspecified atom stereocenters. The van der Waals surface area contributed by atoms with Crippen molar-refractivity contribution in [3.05, 3.63) is 0 Å². The zero-order valence-electron chi connectivity index (χ0n) is 11.0. The first kappa shape index (κ1) is 10.8. The maximum Gasteiger partial charge on any atom is 0.0124 e. The van der Waals surface area contributed by atoms with Crippen LogP contribution < -0.4 is 5.32 Å². The second-order valence-electron chi connectivity index (χ2n) is 7.50. The lowest BCUT2D eigenvalue weighted by molar-refractivity contribution is -0.0136. The summed E-state index contributed by atoms with van der Waals surface area (Å²) in [6.45, 7) is 1.31. The molecule has 0 saturated heterocycles. The molecule has 5 aliphatic rings. The van der Waals surface area contributed by atoms with Gasteiger partial charge in [0.05, 0.1) is 0 Å². The second kappa shape index (κ2) is 4.26. The van der Waals surface area contributed by atoms with Crippen molar-refractivity contribution in [2.75, 3.05) is 6.54 Å². The molecule has 96 valence electrons. The number of hydrogen-bond donors (Lipinski definition) is 1. The summed E-state index contributed by atoms with van der Waals surface area (Å²) in [5.41, 5.74) is 0. The first-order valence-electron chi connectivity index (χ1n) is 8.12. The van der Waals surface area contributed by atoms with E-state index in [9.17, 15) is 0 Å². The van der Waals surface area contributed by atoms with Crippen LogP contribution in [-0.2, 0) is 0 Å². The van der Waals surface area contributed by atoms with Crippen LogP contribution in [0.2, 0.25) is 0 Å². The molecule has 0 atom stereocenters. The Morgan fingerprint density at radius 1 is 0.824 bits per heavy atom. The monoisotopic (exact) mass is 233 g/mol. The minimum atomic E-state index is 0.919. The predicted octanol–water partition coefficient (Wildman–Crippen LogP) is 3.59. The molecule has 5 rings (SSSR count). The Labute approximate surface area is 106 Å². The molecule has 1 nitrogen and oxygen atoms in total. The van der Waals surface area contributed by atoms with Gasteiger partial charge >= 0.3 is 0 Å². The molecule has 0 aromatic rings. The highest BCUT2D eigenvalue weighted by atomic mass is 14.9. The molecule has 5 aliphatic carbocycles. The van der Waals surface area contributed by atoms with Gasteiger partial charge < -0.3 is 5.32 Å². The summed E-state index contributed by atoms with van der Waals surface area (Å²) < 4.78 is 0. The summed E-state index contributed by atoms with van der Waals surface area (Å²) >= 11 is 0. The molecule has 1 heteroatoms. The lowest BCUT2D eigenvalue weighted by Gasteiger charge is -2.54. The minimum absolute atomic E-state index is 0.919. The van der Waals surface area contributed by atoms with Crippen LogP contribution in [0, 0.1) is 29.6 Å². The number of rotatable bonds is 5. The highest BCUT2D eigenvalue weighted by Crippen LogP contribution is 2.53. The second-order valence-corrected chi connectivity index (χ2v) is 7.50. The van der Waals surface area contributed by atoms with Crippen LogP contribution in [0.5, 0.6) is 0 Å². The van der Waals surface area contributed by atoms with Crippen LogP contribution >= 0.6 is 0 Å². The highest BCUT2D eigenvalue weighted by Gasteiger charge is 2.47. The van der Waals surface area contributed by atoms with Crippen molar-refractivity contribution in [3.63, 3.8) is 0 Å². The molecule has 0 aromatic carbocycles. The van der Waals surface area contributed by atoms with Gasteiger partial charge in [-0.25, -0.2) is 0 Å². The predicted molar refractivity (Wildman–Crippen MR) is 70.8 cm³/mol. The third kappa shape index (κ3) is 2.16. The highest BCUT2D eigenvalue weighted by molar-refractivity contribution is 5.01. The SMILES string of the molecule is C(CNC1C2CC3CC(C2)CC1C3)CC1CC1. The molecule has 0 heterocycles. The lowest BCUT2D eigenvalue weighted by atomic mass is 9.54. The van der Waals surface area contributed by atoms with E-state index in [-0.39, 0.29) is 0 Å². The van der Waals surface area contributed by atoms with Crippen LogP contribution in [0.15, 0.2) is 0 Å².